The molecule has 6 heteroatoms. The van der Waals surface area contributed by atoms with E-state index in [1.54, 1.807) is 29.0 Å². The van der Waals surface area contributed by atoms with Gasteiger partial charge in [-0.25, -0.2) is 9.50 Å². The van der Waals surface area contributed by atoms with E-state index in [0.29, 0.717) is 18.1 Å². The van der Waals surface area contributed by atoms with E-state index in [2.05, 4.69) is 15.4 Å². The number of nitrogens with zero attached hydrogens (tertiary/aromatic N) is 3. The van der Waals surface area contributed by atoms with Crippen LogP contribution in [0.5, 0.6) is 0 Å². The lowest BCUT2D eigenvalue weighted by atomic mass is 10.1. The molecule has 2 heterocycles. The molecule has 1 atom stereocenters. The minimum absolute atomic E-state index is 0.362. The number of aliphatic hydroxyl groups excluding tert-OH is 1. The van der Waals surface area contributed by atoms with Crippen molar-refractivity contribution in [2.24, 2.45) is 0 Å². The van der Waals surface area contributed by atoms with Crippen LogP contribution in [-0.4, -0.2) is 26.2 Å². The summed E-state index contributed by atoms with van der Waals surface area (Å²) < 4.78 is 1.76. The lowest BCUT2D eigenvalue weighted by Gasteiger charge is -2.13. The third-order valence-corrected chi connectivity index (χ3v) is 3.30. The third-order valence-electron chi connectivity index (χ3n) is 3.30. The first-order chi connectivity index (χ1) is 10.1. The fourth-order valence-corrected chi connectivity index (χ4v) is 2.21. The predicted molar refractivity (Wildman–Crippen MR) is 82.0 cm³/mol. The van der Waals surface area contributed by atoms with Gasteiger partial charge in [-0.15, -0.1) is 0 Å². The molecule has 0 saturated carbocycles. The number of aliphatic hydroxyl groups is 1. The van der Waals surface area contributed by atoms with Crippen LogP contribution in [0.3, 0.4) is 0 Å². The predicted octanol–water partition coefficient (Wildman–Crippen LogP) is 1.77. The highest BCUT2D eigenvalue weighted by Gasteiger charge is 2.10. The van der Waals surface area contributed by atoms with Crippen molar-refractivity contribution in [3.63, 3.8) is 0 Å². The van der Waals surface area contributed by atoms with Crippen LogP contribution in [0.1, 0.15) is 17.4 Å². The monoisotopic (exact) mass is 283 g/mol. The van der Waals surface area contributed by atoms with Crippen molar-refractivity contribution in [1.29, 1.82) is 0 Å². The van der Waals surface area contributed by atoms with E-state index in [1.165, 1.54) is 0 Å². The summed E-state index contributed by atoms with van der Waals surface area (Å²) in [5.74, 6) is 0.701. The minimum Gasteiger partial charge on any atom is -0.399 e. The zero-order chi connectivity index (χ0) is 14.8. The summed E-state index contributed by atoms with van der Waals surface area (Å²) in [5, 5.41) is 17.7. The van der Waals surface area contributed by atoms with E-state index in [4.69, 9.17) is 5.73 Å². The lowest BCUT2D eigenvalue weighted by Crippen LogP contribution is -2.13. The number of aryl methyl sites for hydroxylation is 1. The lowest BCUT2D eigenvalue weighted by molar-refractivity contribution is 0.191. The van der Waals surface area contributed by atoms with Gasteiger partial charge in [0.2, 0.25) is 0 Å². The van der Waals surface area contributed by atoms with Crippen LogP contribution >= 0.6 is 0 Å². The molecule has 0 saturated heterocycles. The summed E-state index contributed by atoms with van der Waals surface area (Å²) in [6.07, 6.45) is 2.85. The maximum absolute atomic E-state index is 10.2. The van der Waals surface area contributed by atoms with Crippen molar-refractivity contribution in [3.8, 4) is 0 Å². The summed E-state index contributed by atoms with van der Waals surface area (Å²) in [7, 11) is 0. The maximum Gasteiger partial charge on any atom is 0.152 e. The number of benzene rings is 1. The fraction of sp³-hybridized carbons (Fsp3) is 0.200. The Morgan fingerprint density at radius 3 is 2.86 bits per heavy atom. The highest BCUT2D eigenvalue weighted by molar-refractivity contribution is 5.67. The molecule has 3 rings (SSSR count). The van der Waals surface area contributed by atoms with Gasteiger partial charge in [0.05, 0.1) is 11.8 Å². The van der Waals surface area contributed by atoms with Crippen LogP contribution in [-0.2, 0) is 0 Å². The molecular formula is C15H17N5O. The SMILES string of the molecule is Cc1cc2c(NCC(O)c3ccc(N)cc3)nccn2n1. The molecule has 0 radical (unpaired) electrons. The first-order valence-electron chi connectivity index (χ1n) is 6.72. The first kappa shape index (κ1) is 13.4. The molecule has 0 bridgehead atoms. The average Bonchev–Trinajstić information content (AvgIpc) is 2.86. The molecule has 0 spiro atoms. The van der Waals surface area contributed by atoms with Gasteiger partial charge in [0.25, 0.3) is 0 Å². The second-order valence-electron chi connectivity index (χ2n) is 4.95. The van der Waals surface area contributed by atoms with Gasteiger partial charge in [-0.2, -0.15) is 5.10 Å². The number of fused-ring (bicyclic) bond motifs is 1. The summed E-state index contributed by atoms with van der Waals surface area (Å²) >= 11 is 0. The summed E-state index contributed by atoms with van der Waals surface area (Å²) in [6, 6.07) is 9.14. The maximum atomic E-state index is 10.2. The second kappa shape index (κ2) is 5.41. The molecule has 0 aliphatic heterocycles. The number of rotatable bonds is 4. The number of nitrogen functional groups attached to an aromatic ring is 1. The van der Waals surface area contributed by atoms with Crippen LogP contribution in [0, 0.1) is 6.92 Å². The van der Waals surface area contributed by atoms with E-state index < -0.39 is 6.10 Å². The molecule has 0 aliphatic rings. The Labute approximate surface area is 122 Å². The van der Waals surface area contributed by atoms with Gasteiger partial charge in [0.1, 0.15) is 5.52 Å². The highest BCUT2D eigenvalue weighted by atomic mass is 16.3. The van der Waals surface area contributed by atoms with Crippen molar-refractivity contribution < 1.29 is 5.11 Å². The van der Waals surface area contributed by atoms with Crippen molar-refractivity contribution in [3.05, 3.63) is 54.0 Å². The summed E-state index contributed by atoms with van der Waals surface area (Å²) in [4.78, 5) is 4.30. The molecule has 6 nitrogen and oxygen atoms in total. The standard InChI is InChI=1S/C15H17N5O/c1-10-8-13-15(17-6-7-20(13)19-10)18-9-14(21)11-2-4-12(16)5-3-11/h2-8,14,21H,9,16H2,1H3,(H,17,18). The zero-order valence-electron chi connectivity index (χ0n) is 11.7. The van der Waals surface area contributed by atoms with Gasteiger partial charge in [0.15, 0.2) is 5.82 Å². The van der Waals surface area contributed by atoms with Crippen LogP contribution < -0.4 is 11.1 Å². The normalized spacial score (nSPS) is 12.5. The average molecular weight is 283 g/mol. The molecule has 1 aromatic carbocycles. The topological polar surface area (TPSA) is 88.5 Å². The van der Waals surface area contributed by atoms with Gasteiger partial charge >= 0.3 is 0 Å². The van der Waals surface area contributed by atoms with Crippen LogP contribution in [0.4, 0.5) is 11.5 Å². The van der Waals surface area contributed by atoms with Crippen molar-refractivity contribution >= 4 is 17.0 Å². The Morgan fingerprint density at radius 2 is 2.10 bits per heavy atom. The quantitative estimate of drug-likeness (QED) is 0.635. The van der Waals surface area contributed by atoms with E-state index in [9.17, 15) is 5.11 Å². The Morgan fingerprint density at radius 1 is 1.33 bits per heavy atom. The van der Waals surface area contributed by atoms with E-state index in [1.807, 2.05) is 25.1 Å². The van der Waals surface area contributed by atoms with Crippen LogP contribution in [0.15, 0.2) is 42.7 Å². The van der Waals surface area contributed by atoms with Gasteiger partial charge in [-0.05, 0) is 30.7 Å². The van der Waals surface area contributed by atoms with Crippen LogP contribution in [0.2, 0.25) is 0 Å². The van der Waals surface area contributed by atoms with Crippen LogP contribution in [0.25, 0.3) is 5.52 Å². The van der Waals surface area contributed by atoms with Gasteiger partial charge in [-0.3, -0.25) is 0 Å². The number of nitrogens with one attached hydrogen (secondary N) is 1. The number of hydrogen-bond acceptors (Lipinski definition) is 5. The molecular weight excluding hydrogens is 266 g/mol. The molecule has 21 heavy (non-hydrogen) atoms. The van der Waals surface area contributed by atoms with Crippen molar-refractivity contribution in [2.45, 2.75) is 13.0 Å². The number of nitrogens with two attached hydrogens (primary N) is 1. The Hall–Kier alpha value is -2.60. The van der Waals surface area contributed by atoms with Gasteiger partial charge in [0, 0.05) is 24.6 Å². The molecule has 0 aliphatic carbocycles. The number of aromatic nitrogens is 3. The Balaban J connectivity index is 1.75. The van der Waals surface area contributed by atoms with Crippen molar-refractivity contribution in [2.75, 3.05) is 17.6 Å². The molecule has 108 valence electrons. The largest absolute Gasteiger partial charge is 0.399 e. The first-order valence-corrected chi connectivity index (χ1v) is 6.72. The molecule has 3 aromatic rings. The van der Waals surface area contributed by atoms with E-state index in [-0.39, 0.29) is 0 Å². The summed E-state index contributed by atoms with van der Waals surface area (Å²) in [5.41, 5.74) is 8.94. The molecule has 1 unspecified atom stereocenters. The molecule has 4 N–H and O–H groups in total. The smallest absolute Gasteiger partial charge is 0.152 e. The molecule has 0 amide bonds. The number of hydrogen-bond donors (Lipinski definition) is 3. The molecule has 0 fully saturated rings. The fourth-order valence-electron chi connectivity index (χ4n) is 2.21. The number of anilines is 2. The Kier molecular flexibility index (Phi) is 3.45. The summed E-state index contributed by atoms with van der Waals surface area (Å²) in [6.45, 7) is 2.29. The highest BCUT2D eigenvalue weighted by Crippen LogP contribution is 2.18. The Bertz CT molecular complexity index is 750. The molecule has 2 aromatic heterocycles. The van der Waals surface area contributed by atoms with Gasteiger partial charge in [-0.1, -0.05) is 12.1 Å². The van der Waals surface area contributed by atoms with Gasteiger partial charge < -0.3 is 16.2 Å². The van der Waals surface area contributed by atoms with E-state index in [0.717, 1.165) is 16.8 Å². The minimum atomic E-state index is -0.628. The van der Waals surface area contributed by atoms with Crippen molar-refractivity contribution in [1.82, 2.24) is 14.6 Å². The zero-order valence-corrected chi connectivity index (χ0v) is 11.7. The second-order valence-corrected chi connectivity index (χ2v) is 4.95. The van der Waals surface area contributed by atoms with E-state index >= 15 is 0 Å². The third kappa shape index (κ3) is 2.80.